The Hall–Kier alpha value is -1.77. The number of nitrogens with zero attached hydrogens (tertiary/aromatic N) is 2. The molecule has 0 aromatic carbocycles. The van der Waals surface area contributed by atoms with E-state index in [4.69, 9.17) is 4.42 Å². The van der Waals surface area contributed by atoms with Crippen molar-refractivity contribution in [2.45, 2.75) is 31.8 Å². The molecule has 2 N–H and O–H groups in total. The Morgan fingerprint density at radius 3 is 2.62 bits per heavy atom. The number of nitrogens with one attached hydrogen (secondary N) is 2. The number of rotatable bonds is 6. The number of hydrogen-bond acceptors (Lipinski definition) is 6. The van der Waals surface area contributed by atoms with Crippen LogP contribution in [-0.4, -0.2) is 25.4 Å². The summed E-state index contributed by atoms with van der Waals surface area (Å²) in [5.74, 6) is 0.984. The molecular formula is C13H18N4O3S. The molecule has 0 aliphatic heterocycles. The van der Waals surface area contributed by atoms with Gasteiger partial charge in [0.05, 0.1) is 12.2 Å². The molecule has 0 saturated heterocycles. The highest BCUT2D eigenvalue weighted by Crippen LogP contribution is 2.26. The fourth-order valence-electron chi connectivity index (χ4n) is 2.11. The van der Waals surface area contributed by atoms with E-state index in [1.165, 1.54) is 6.33 Å². The maximum absolute atomic E-state index is 12.5. The minimum Gasteiger partial charge on any atom is -0.465 e. The topological polar surface area (TPSA) is 97.1 Å². The van der Waals surface area contributed by atoms with E-state index >= 15 is 0 Å². The van der Waals surface area contributed by atoms with Crippen molar-refractivity contribution in [3.8, 4) is 0 Å². The summed E-state index contributed by atoms with van der Waals surface area (Å²) in [6.45, 7) is 3.93. The molecule has 0 aliphatic rings. The van der Waals surface area contributed by atoms with E-state index in [-0.39, 0.29) is 11.4 Å². The van der Waals surface area contributed by atoms with E-state index in [0.29, 0.717) is 29.3 Å². The van der Waals surface area contributed by atoms with E-state index in [9.17, 15) is 8.42 Å². The molecule has 0 radical (unpaired) electrons. The predicted octanol–water partition coefficient (Wildman–Crippen LogP) is 0.884. The Morgan fingerprint density at radius 2 is 2.00 bits per heavy atom. The van der Waals surface area contributed by atoms with Gasteiger partial charge in [-0.15, -0.1) is 0 Å². The molecule has 2 aromatic rings. The van der Waals surface area contributed by atoms with Gasteiger partial charge in [-0.05, 0) is 27.0 Å². The highest BCUT2D eigenvalue weighted by atomic mass is 32.2. The maximum atomic E-state index is 12.5. The lowest BCUT2D eigenvalue weighted by Gasteiger charge is -2.08. The lowest BCUT2D eigenvalue weighted by Crippen LogP contribution is -2.25. The first kappa shape index (κ1) is 15.6. The van der Waals surface area contributed by atoms with Gasteiger partial charge in [-0.2, -0.15) is 0 Å². The van der Waals surface area contributed by atoms with Crippen molar-refractivity contribution in [1.29, 1.82) is 0 Å². The number of furan rings is 1. The summed E-state index contributed by atoms with van der Waals surface area (Å²) in [5.41, 5.74) is 1.24. The number of aromatic nitrogens is 2. The average molecular weight is 310 g/mol. The Morgan fingerprint density at radius 1 is 1.24 bits per heavy atom. The molecule has 0 saturated carbocycles. The lowest BCUT2D eigenvalue weighted by atomic mass is 10.2. The van der Waals surface area contributed by atoms with Crippen molar-refractivity contribution < 1.29 is 12.8 Å². The third kappa shape index (κ3) is 3.46. The summed E-state index contributed by atoms with van der Waals surface area (Å²) >= 11 is 0. The smallest absolute Gasteiger partial charge is 0.244 e. The Bertz CT molecular complexity index is 711. The van der Waals surface area contributed by atoms with Gasteiger partial charge in [-0.25, -0.2) is 23.1 Å². The minimum atomic E-state index is -3.67. The van der Waals surface area contributed by atoms with Crippen LogP contribution in [0.15, 0.2) is 27.9 Å². The van der Waals surface area contributed by atoms with Crippen molar-refractivity contribution >= 4 is 10.0 Å². The summed E-state index contributed by atoms with van der Waals surface area (Å²) in [6.07, 6.45) is 2.94. The molecular weight excluding hydrogens is 292 g/mol. The van der Waals surface area contributed by atoms with Crippen LogP contribution in [0.5, 0.6) is 0 Å². The summed E-state index contributed by atoms with van der Waals surface area (Å²) < 4.78 is 33.0. The Kier molecular flexibility index (Phi) is 4.71. The minimum absolute atomic E-state index is 0.105. The second kappa shape index (κ2) is 6.33. The average Bonchev–Trinajstić information content (AvgIpc) is 2.73. The summed E-state index contributed by atoms with van der Waals surface area (Å²) in [4.78, 5) is 7.98. The quantitative estimate of drug-likeness (QED) is 0.822. The van der Waals surface area contributed by atoms with Gasteiger partial charge in [-0.3, -0.25) is 0 Å². The summed E-state index contributed by atoms with van der Waals surface area (Å²) in [6, 6.07) is 1.66. The molecule has 2 rings (SSSR count). The Balaban J connectivity index is 2.27. The van der Waals surface area contributed by atoms with Crippen LogP contribution in [0.1, 0.15) is 22.8 Å². The second-order valence-electron chi connectivity index (χ2n) is 4.58. The summed E-state index contributed by atoms with van der Waals surface area (Å²) in [7, 11) is -1.91. The van der Waals surface area contributed by atoms with Crippen LogP contribution < -0.4 is 10.0 Å². The van der Waals surface area contributed by atoms with Gasteiger partial charge in [0.2, 0.25) is 10.0 Å². The molecule has 7 nitrogen and oxygen atoms in total. The molecule has 114 valence electrons. The molecule has 2 heterocycles. The fraction of sp³-hybridized carbons (Fsp3) is 0.385. The molecule has 0 fully saturated rings. The van der Waals surface area contributed by atoms with Gasteiger partial charge in [0.15, 0.2) is 0 Å². The van der Waals surface area contributed by atoms with Crippen molar-refractivity contribution in [1.82, 2.24) is 20.0 Å². The third-order valence-electron chi connectivity index (χ3n) is 3.03. The van der Waals surface area contributed by atoms with E-state index in [1.807, 2.05) is 0 Å². The first-order chi connectivity index (χ1) is 9.95. The SMILES string of the molecule is CNCc1c(C)oc(C)c1S(=O)(=O)NCc1ccncn1. The van der Waals surface area contributed by atoms with E-state index < -0.39 is 10.0 Å². The molecule has 21 heavy (non-hydrogen) atoms. The number of sulfonamides is 1. The largest absolute Gasteiger partial charge is 0.465 e. The zero-order valence-corrected chi connectivity index (χ0v) is 13.0. The Labute approximate surface area is 123 Å². The first-order valence-corrected chi connectivity index (χ1v) is 7.92. The van der Waals surface area contributed by atoms with E-state index in [2.05, 4.69) is 20.0 Å². The fourth-order valence-corrected chi connectivity index (χ4v) is 3.55. The molecule has 2 aromatic heterocycles. The van der Waals surface area contributed by atoms with E-state index in [0.717, 1.165) is 0 Å². The highest BCUT2D eigenvalue weighted by molar-refractivity contribution is 7.89. The van der Waals surface area contributed by atoms with Gasteiger partial charge in [0.25, 0.3) is 0 Å². The molecule has 0 bridgehead atoms. The van der Waals surface area contributed by atoms with Crippen molar-refractivity contribution in [3.05, 3.63) is 41.4 Å². The standard InChI is InChI=1S/C13H18N4O3S/c1-9-12(7-14-3)13(10(2)20-9)21(18,19)17-6-11-4-5-15-8-16-11/h4-5,8,14,17H,6-7H2,1-3H3. The van der Waals surface area contributed by atoms with Gasteiger partial charge in [0.1, 0.15) is 22.7 Å². The highest BCUT2D eigenvalue weighted by Gasteiger charge is 2.26. The zero-order chi connectivity index (χ0) is 15.5. The van der Waals surface area contributed by atoms with Gasteiger partial charge in [-0.1, -0.05) is 0 Å². The maximum Gasteiger partial charge on any atom is 0.244 e. The third-order valence-corrected chi connectivity index (χ3v) is 4.63. The molecule has 0 atom stereocenters. The van der Waals surface area contributed by atoms with Crippen LogP contribution in [-0.2, 0) is 23.1 Å². The van der Waals surface area contributed by atoms with Crippen LogP contribution in [0, 0.1) is 13.8 Å². The van der Waals surface area contributed by atoms with Crippen LogP contribution in [0.2, 0.25) is 0 Å². The van der Waals surface area contributed by atoms with Crippen LogP contribution in [0.3, 0.4) is 0 Å². The molecule has 8 heteroatoms. The van der Waals surface area contributed by atoms with Crippen molar-refractivity contribution in [2.75, 3.05) is 7.05 Å². The second-order valence-corrected chi connectivity index (χ2v) is 6.28. The van der Waals surface area contributed by atoms with E-state index in [1.54, 1.807) is 33.2 Å². The van der Waals surface area contributed by atoms with Gasteiger partial charge < -0.3 is 9.73 Å². The number of aryl methyl sites for hydroxylation is 2. The summed E-state index contributed by atoms with van der Waals surface area (Å²) in [5, 5.41) is 2.95. The zero-order valence-electron chi connectivity index (χ0n) is 12.2. The van der Waals surface area contributed by atoms with Crippen LogP contribution >= 0.6 is 0 Å². The molecule has 0 spiro atoms. The van der Waals surface area contributed by atoms with Crippen LogP contribution in [0.25, 0.3) is 0 Å². The van der Waals surface area contributed by atoms with Gasteiger partial charge in [0, 0.05) is 18.3 Å². The van der Waals surface area contributed by atoms with Crippen molar-refractivity contribution in [2.24, 2.45) is 0 Å². The normalized spacial score (nSPS) is 11.8. The first-order valence-electron chi connectivity index (χ1n) is 6.43. The number of hydrogen-bond donors (Lipinski definition) is 2. The molecule has 0 unspecified atom stereocenters. The molecule has 0 aliphatic carbocycles. The van der Waals surface area contributed by atoms with Gasteiger partial charge >= 0.3 is 0 Å². The predicted molar refractivity (Wildman–Crippen MR) is 77.0 cm³/mol. The monoisotopic (exact) mass is 310 g/mol. The van der Waals surface area contributed by atoms with Crippen molar-refractivity contribution in [3.63, 3.8) is 0 Å². The lowest BCUT2D eigenvalue weighted by molar-refractivity contribution is 0.493. The molecule has 0 amide bonds. The van der Waals surface area contributed by atoms with Crippen LogP contribution in [0.4, 0.5) is 0 Å².